The molecule has 2 fully saturated rings. The molecule has 1 N–H and O–H groups in total. The van der Waals surface area contributed by atoms with E-state index < -0.39 is 0 Å². The monoisotopic (exact) mass is 282 g/mol. The van der Waals surface area contributed by atoms with Crippen molar-refractivity contribution in [2.45, 2.75) is 89.4 Å². The summed E-state index contributed by atoms with van der Waals surface area (Å²) in [4.78, 5) is 2.86. The van der Waals surface area contributed by atoms with Crippen LogP contribution in [0.25, 0.3) is 0 Å². The Balaban J connectivity index is 2.13. The molecule has 1 heterocycles. The second kappa shape index (κ2) is 7.24. The lowest BCUT2D eigenvalue weighted by molar-refractivity contribution is -0.0451. The Kier molecular flexibility index (Phi) is 5.88. The van der Waals surface area contributed by atoms with Crippen molar-refractivity contribution in [2.24, 2.45) is 0 Å². The Bertz CT molecular complexity index is 291. The summed E-state index contributed by atoms with van der Waals surface area (Å²) in [5.41, 5.74) is 0.367. The van der Waals surface area contributed by atoms with Crippen LogP contribution < -0.4 is 5.32 Å². The molecule has 3 nitrogen and oxygen atoms in total. The van der Waals surface area contributed by atoms with E-state index in [9.17, 15) is 0 Å². The molecule has 0 bridgehead atoms. The molecule has 3 unspecified atom stereocenters. The molecule has 0 aromatic rings. The lowest BCUT2D eigenvalue weighted by atomic mass is 9.81. The first kappa shape index (κ1) is 16.3. The van der Waals surface area contributed by atoms with E-state index in [4.69, 9.17) is 4.74 Å². The van der Waals surface area contributed by atoms with Gasteiger partial charge in [0.15, 0.2) is 0 Å². The molecule has 1 aliphatic heterocycles. The fourth-order valence-corrected chi connectivity index (χ4v) is 4.26. The Labute approximate surface area is 125 Å². The summed E-state index contributed by atoms with van der Waals surface area (Å²) < 4.78 is 5.66. The van der Waals surface area contributed by atoms with Gasteiger partial charge in [-0.05, 0) is 44.9 Å². The topological polar surface area (TPSA) is 24.5 Å². The molecule has 1 aliphatic carbocycles. The van der Waals surface area contributed by atoms with E-state index in [1.165, 1.54) is 51.5 Å². The smallest absolute Gasteiger partial charge is 0.0586 e. The molecule has 0 spiro atoms. The standard InChI is InChI=1S/C17H34N2O/c1-5-14-12-19(17(6-2,7-3)13-18-14)15-9-8-10-16(11-15)20-4/h14-16,18H,5-13H2,1-4H3. The van der Waals surface area contributed by atoms with E-state index >= 15 is 0 Å². The number of nitrogens with one attached hydrogen (secondary N) is 1. The largest absolute Gasteiger partial charge is 0.381 e. The zero-order valence-corrected chi connectivity index (χ0v) is 14.0. The van der Waals surface area contributed by atoms with Gasteiger partial charge in [-0.15, -0.1) is 0 Å². The average molecular weight is 282 g/mol. The first-order chi connectivity index (χ1) is 9.69. The Hall–Kier alpha value is -0.120. The molecule has 0 aromatic carbocycles. The molecule has 0 amide bonds. The Morgan fingerprint density at radius 1 is 1.20 bits per heavy atom. The van der Waals surface area contributed by atoms with Crippen LogP contribution in [0.2, 0.25) is 0 Å². The quantitative estimate of drug-likeness (QED) is 0.838. The van der Waals surface area contributed by atoms with Gasteiger partial charge in [0.05, 0.1) is 6.10 Å². The molecule has 0 aromatic heterocycles. The fourth-order valence-electron chi connectivity index (χ4n) is 4.26. The minimum absolute atomic E-state index is 0.367. The third kappa shape index (κ3) is 3.20. The van der Waals surface area contributed by atoms with Gasteiger partial charge in [0.25, 0.3) is 0 Å². The lowest BCUT2D eigenvalue weighted by Gasteiger charge is -2.54. The fraction of sp³-hybridized carbons (Fsp3) is 1.00. The van der Waals surface area contributed by atoms with E-state index in [2.05, 4.69) is 31.0 Å². The highest BCUT2D eigenvalue weighted by molar-refractivity contribution is 5.01. The maximum atomic E-state index is 5.66. The zero-order valence-electron chi connectivity index (χ0n) is 14.0. The van der Waals surface area contributed by atoms with Crippen molar-refractivity contribution in [3.8, 4) is 0 Å². The Morgan fingerprint density at radius 2 is 1.95 bits per heavy atom. The third-order valence-corrected chi connectivity index (χ3v) is 5.93. The van der Waals surface area contributed by atoms with Crippen LogP contribution >= 0.6 is 0 Å². The number of hydrogen-bond donors (Lipinski definition) is 1. The van der Waals surface area contributed by atoms with Crippen LogP contribution in [0.1, 0.15) is 65.7 Å². The van der Waals surface area contributed by atoms with Gasteiger partial charge in [0.1, 0.15) is 0 Å². The van der Waals surface area contributed by atoms with Gasteiger partial charge in [-0.25, -0.2) is 0 Å². The van der Waals surface area contributed by atoms with E-state index in [0.717, 1.165) is 12.6 Å². The van der Waals surface area contributed by atoms with Crippen molar-refractivity contribution in [1.82, 2.24) is 10.2 Å². The van der Waals surface area contributed by atoms with Crippen LogP contribution in [0.4, 0.5) is 0 Å². The lowest BCUT2D eigenvalue weighted by Crippen LogP contribution is -2.67. The second-order valence-electron chi connectivity index (χ2n) is 6.75. The van der Waals surface area contributed by atoms with Crippen molar-refractivity contribution < 1.29 is 4.74 Å². The van der Waals surface area contributed by atoms with Gasteiger partial charge in [-0.1, -0.05) is 20.8 Å². The highest BCUT2D eigenvalue weighted by Crippen LogP contribution is 2.35. The van der Waals surface area contributed by atoms with Gasteiger partial charge in [-0.2, -0.15) is 0 Å². The van der Waals surface area contributed by atoms with E-state index in [1.807, 2.05) is 7.11 Å². The predicted octanol–water partition coefficient (Wildman–Crippen LogP) is 3.19. The Morgan fingerprint density at radius 3 is 2.55 bits per heavy atom. The van der Waals surface area contributed by atoms with Gasteiger partial charge < -0.3 is 10.1 Å². The molecule has 2 rings (SSSR count). The van der Waals surface area contributed by atoms with Crippen molar-refractivity contribution in [3.05, 3.63) is 0 Å². The predicted molar refractivity (Wildman–Crippen MR) is 85.2 cm³/mol. The van der Waals surface area contributed by atoms with Crippen LogP contribution in [-0.2, 0) is 4.74 Å². The van der Waals surface area contributed by atoms with Crippen LogP contribution in [-0.4, -0.2) is 48.8 Å². The molecule has 1 saturated heterocycles. The van der Waals surface area contributed by atoms with Gasteiger partial charge in [-0.3, -0.25) is 4.90 Å². The molecule has 3 atom stereocenters. The third-order valence-electron chi connectivity index (χ3n) is 5.93. The molecule has 1 saturated carbocycles. The number of nitrogens with zero attached hydrogens (tertiary/aromatic N) is 1. The molecular weight excluding hydrogens is 248 g/mol. The molecule has 3 heteroatoms. The molecule has 0 radical (unpaired) electrons. The number of hydrogen-bond acceptors (Lipinski definition) is 3. The number of ether oxygens (including phenoxy) is 1. The zero-order chi connectivity index (χ0) is 14.6. The highest BCUT2D eigenvalue weighted by atomic mass is 16.5. The van der Waals surface area contributed by atoms with Gasteiger partial charge in [0.2, 0.25) is 0 Å². The first-order valence-electron chi connectivity index (χ1n) is 8.72. The van der Waals surface area contributed by atoms with Crippen LogP contribution in [0.5, 0.6) is 0 Å². The average Bonchev–Trinajstić information content (AvgIpc) is 2.54. The van der Waals surface area contributed by atoms with Crippen LogP contribution in [0, 0.1) is 0 Å². The van der Waals surface area contributed by atoms with Gasteiger partial charge in [0, 0.05) is 37.8 Å². The first-order valence-corrected chi connectivity index (χ1v) is 8.72. The maximum absolute atomic E-state index is 5.66. The molecule has 20 heavy (non-hydrogen) atoms. The summed E-state index contributed by atoms with van der Waals surface area (Å²) >= 11 is 0. The molecular formula is C17H34N2O. The summed E-state index contributed by atoms with van der Waals surface area (Å²) in [5.74, 6) is 0. The highest BCUT2D eigenvalue weighted by Gasteiger charge is 2.43. The minimum Gasteiger partial charge on any atom is -0.381 e. The SMILES string of the molecule is CCC1CN(C2CCCC(OC)C2)C(CC)(CC)CN1. The van der Waals surface area contributed by atoms with E-state index in [-0.39, 0.29) is 0 Å². The summed E-state index contributed by atoms with van der Waals surface area (Å²) in [7, 11) is 1.88. The normalized spacial score (nSPS) is 35.1. The molecule has 2 aliphatic rings. The number of rotatable bonds is 5. The van der Waals surface area contributed by atoms with Crippen LogP contribution in [0.15, 0.2) is 0 Å². The summed E-state index contributed by atoms with van der Waals surface area (Å²) in [6.45, 7) is 9.41. The van der Waals surface area contributed by atoms with Crippen molar-refractivity contribution in [3.63, 3.8) is 0 Å². The summed E-state index contributed by atoms with van der Waals surface area (Å²) in [5, 5.41) is 3.78. The number of methoxy groups -OCH3 is 1. The second-order valence-corrected chi connectivity index (χ2v) is 6.75. The molecule has 118 valence electrons. The summed E-state index contributed by atoms with van der Waals surface area (Å²) in [6.07, 6.45) is 9.39. The van der Waals surface area contributed by atoms with Crippen molar-refractivity contribution in [1.29, 1.82) is 0 Å². The van der Waals surface area contributed by atoms with Crippen molar-refractivity contribution >= 4 is 0 Å². The number of piperazine rings is 1. The van der Waals surface area contributed by atoms with Gasteiger partial charge >= 0.3 is 0 Å². The van der Waals surface area contributed by atoms with Crippen molar-refractivity contribution in [2.75, 3.05) is 20.2 Å². The maximum Gasteiger partial charge on any atom is 0.0586 e. The summed E-state index contributed by atoms with van der Waals surface area (Å²) in [6, 6.07) is 1.40. The van der Waals surface area contributed by atoms with Crippen LogP contribution in [0.3, 0.4) is 0 Å². The van der Waals surface area contributed by atoms with E-state index in [0.29, 0.717) is 17.7 Å². The minimum atomic E-state index is 0.367. The van der Waals surface area contributed by atoms with E-state index in [1.54, 1.807) is 0 Å².